The van der Waals surface area contributed by atoms with Crippen molar-refractivity contribution in [1.29, 1.82) is 0 Å². The zero-order chi connectivity index (χ0) is 17.4. The lowest BCUT2D eigenvalue weighted by atomic mass is 10.0. The van der Waals surface area contributed by atoms with Crippen molar-refractivity contribution in [2.24, 2.45) is 0 Å². The highest BCUT2D eigenvalue weighted by atomic mass is 16.6. The van der Waals surface area contributed by atoms with Gasteiger partial charge in [0.25, 0.3) is 5.69 Å². The number of benzene rings is 2. The van der Waals surface area contributed by atoms with Crippen LogP contribution in [0.25, 0.3) is 0 Å². The number of nitrogens with zero attached hydrogens (tertiary/aromatic N) is 2. The molecule has 1 unspecified atom stereocenters. The Hall–Kier alpha value is -2.76. The highest BCUT2D eigenvalue weighted by Gasteiger charge is 2.31. The molecule has 130 valence electrons. The van der Waals surface area contributed by atoms with Crippen LogP contribution in [0.3, 0.4) is 0 Å². The first kappa shape index (κ1) is 15.7. The van der Waals surface area contributed by atoms with Crippen LogP contribution in [-0.2, 0) is 0 Å². The van der Waals surface area contributed by atoms with E-state index in [0.29, 0.717) is 18.8 Å². The van der Waals surface area contributed by atoms with Crippen molar-refractivity contribution in [3.63, 3.8) is 0 Å². The number of nitro groups is 1. The SMILES string of the molecule is Cc1cc(N2CCCC2c2cccc3c2OCCO3)ccc1[N+](=O)[O-]. The Morgan fingerprint density at radius 3 is 2.84 bits per heavy atom. The number of anilines is 1. The van der Waals surface area contributed by atoms with E-state index in [2.05, 4.69) is 11.0 Å². The molecule has 6 nitrogen and oxygen atoms in total. The maximum absolute atomic E-state index is 11.1. The predicted octanol–water partition coefficient (Wildman–Crippen LogP) is 4.02. The second-order valence-corrected chi connectivity index (χ2v) is 6.45. The summed E-state index contributed by atoms with van der Waals surface area (Å²) in [5.41, 5.74) is 2.99. The van der Waals surface area contributed by atoms with Gasteiger partial charge in [-0.2, -0.15) is 0 Å². The molecule has 1 saturated heterocycles. The molecule has 25 heavy (non-hydrogen) atoms. The number of aryl methyl sites for hydroxylation is 1. The Kier molecular flexibility index (Phi) is 3.95. The largest absolute Gasteiger partial charge is 0.486 e. The standard InChI is InChI=1S/C19H20N2O4/c1-13-12-14(7-8-16(13)21(22)23)20-9-3-5-17(20)15-4-2-6-18-19(15)25-11-10-24-18/h2,4,6-8,12,17H,3,5,9-11H2,1H3. The van der Waals surface area contributed by atoms with E-state index in [1.807, 2.05) is 24.3 Å². The molecule has 4 rings (SSSR count). The molecule has 2 aromatic carbocycles. The lowest BCUT2D eigenvalue weighted by Crippen LogP contribution is -2.24. The van der Waals surface area contributed by atoms with Gasteiger partial charge in [0.15, 0.2) is 11.5 Å². The first-order valence-corrected chi connectivity index (χ1v) is 8.55. The molecule has 0 N–H and O–H groups in total. The molecule has 0 aliphatic carbocycles. The van der Waals surface area contributed by atoms with E-state index in [1.54, 1.807) is 13.0 Å². The average Bonchev–Trinajstić information content (AvgIpc) is 3.10. The molecule has 2 aromatic rings. The van der Waals surface area contributed by atoms with Gasteiger partial charge in [-0.1, -0.05) is 12.1 Å². The molecule has 2 aliphatic rings. The quantitative estimate of drug-likeness (QED) is 0.624. The smallest absolute Gasteiger partial charge is 0.272 e. The molecule has 2 heterocycles. The second-order valence-electron chi connectivity index (χ2n) is 6.45. The van der Waals surface area contributed by atoms with Crippen molar-refractivity contribution >= 4 is 11.4 Å². The van der Waals surface area contributed by atoms with Gasteiger partial charge >= 0.3 is 0 Å². The van der Waals surface area contributed by atoms with E-state index in [-0.39, 0.29) is 16.7 Å². The zero-order valence-corrected chi connectivity index (χ0v) is 14.1. The molecular weight excluding hydrogens is 320 g/mol. The minimum atomic E-state index is -0.334. The molecule has 0 spiro atoms. The van der Waals surface area contributed by atoms with Gasteiger partial charge in [0.2, 0.25) is 0 Å². The fourth-order valence-electron chi connectivity index (χ4n) is 3.78. The number of fused-ring (bicyclic) bond motifs is 1. The molecule has 0 aromatic heterocycles. The summed E-state index contributed by atoms with van der Waals surface area (Å²) in [6, 6.07) is 11.6. The summed E-state index contributed by atoms with van der Waals surface area (Å²) in [7, 11) is 0. The average molecular weight is 340 g/mol. The van der Waals surface area contributed by atoms with Crippen LogP contribution in [0.4, 0.5) is 11.4 Å². The Morgan fingerprint density at radius 1 is 1.20 bits per heavy atom. The van der Waals surface area contributed by atoms with Gasteiger partial charge in [0.1, 0.15) is 13.2 Å². The van der Waals surface area contributed by atoms with Crippen LogP contribution < -0.4 is 14.4 Å². The van der Waals surface area contributed by atoms with E-state index in [0.717, 1.165) is 42.1 Å². The van der Waals surface area contributed by atoms with Crippen LogP contribution in [0.15, 0.2) is 36.4 Å². The van der Waals surface area contributed by atoms with Crippen molar-refractivity contribution in [2.45, 2.75) is 25.8 Å². The predicted molar refractivity (Wildman–Crippen MR) is 94.6 cm³/mol. The highest BCUT2D eigenvalue weighted by Crippen LogP contribution is 2.44. The van der Waals surface area contributed by atoms with Gasteiger partial charge in [-0.05, 0) is 38.0 Å². The van der Waals surface area contributed by atoms with Crippen molar-refractivity contribution in [3.8, 4) is 11.5 Å². The summed E-state index contributed by atoms with van der Waals surface area (Å²) in [6.45, 7) is 3.85. The first-order chi connectivity index (χ1) is 12.1. The van der Waals surface area contributed by atoms with Gasteiger partial charge in [0, 0.05) is 29.4 Å². The Bertz CT molecular complexity index is 821. The van der Waals surface area contributed by atoms with Crippen LogP contribution in [0.5, 0.6) is 11.5 Å². The van der Waals surface area contributed by atoms with E-state index in [1.165, 1.54) is 0 Å². The van der Waals surface area contributed by atoms with Crippen molar-refractivity contribution in [3.05, 3.63) is 57.6 Å². The highest BCUT2D eigenvalue weighted by molar-refractivity contribution is 5.59. The third kappa shape index (κ3) is 2.77. The van der Waals surface area contributed by atoms with Crippen molar-refractivity contribution in [1.82, 2.24) is 0 Å². The lowest BCUT2D eigenvalue weighted by Gasteiger charge is -2.30. The van der Waals surface area contributed by atoms with E-state index >= 15 is 0 Å². The summed E-state index contributed by atoms with van der Waals surface area (Å²) >= 11 is 0. The van der Waals surface area contributed by atoms with Gasteiger partial charge in [-0.3, -0.25) is 10.1 Å². The van der Waals surface area contributed by atoms with Crippen LogP contribution in [0.1, 0.15) is 30.0 Å². The third-order valence-electron chi connectivity index (χ3n) is 4.92. The molecule has 1 atom stereocenters. The van der Waals surface area contributed by atoms with E-state index < -0.39 is 0 Å². The Labute approximate surface area is 146 Å². The first-order valence-electron chi connectivity index (χ1n) is 8.55. The monoisotopic (exact) mass is 340 g/mol. The molecule has 0 bridgehead atoms. The summed E-state index contributed by atoms with van der Waals surface area (Å²) < 4.78 is 11.6. The Balaban J connectivity index is 1.70. The van der Waals surface area contributed by atoms with Crippen LogP contribution in [0, 0.1) is 17.0 Å². The number of nitro benzene ring substituents is 1. The minimum absolute atomic E-state index is 0.160. The third-order valence-corrected chi connectivity index (χ3v) is 4.92. The summed E-state index contributed by atoms with van der Waals surface area (Å²) in [5.74, 6) is 1.64. The molecule has 0 amide bonds. The summed E-state index contributed by atoms with van der Waals surface area (Å²) in [5, 5.41) is 11.1. The lowest BCUT2D eigenvalue weighted by molar-refractivity contribution is -0.385. The fourth-order valence-corrected chi connectivity index (χ4v) is 3.78. The second kappa shape index (κ2) is 6.27. The van der Waals surface area contributed by atoms with Gasteiger partial charge < -0.3 is 14.4 Å². The van der Waals surface area contributed by atoms with Crippen molar-refractivity contribution in [2.75, 3.05) is 24.7 Å². The Morgan fingerprint density at radius 2 is 2.04 bits per heavy atom. The number of hydrogen-bond donors (Lipinski definition) is 0. The maximum Gasteiger partial charge on any atom is 0.272 e. The molecular formula is C19H20N2O4. The number of para-hydroxylation sites is 1. The topological polar surface area (TPSA) is 64.8 Å². The van der Waals surface area contributed by atoms with E-state index in [9.17, 15) is 10.1 Å². The van der Waals surface area contributed by atoms with Gasteiger partial charge in [-0.15, -0.1) is 0 Å². The number of rotatable bonds is 3. The van der Waals surface area contributed by atoms with E-state index in [4.69, 9.17) is 9.47 Å². The van der Waals surface area contributed by atoms with Gasteiger partial charge in [-0.25, -0.2) is 0 Å². The molecule has 6 heteroatoms. The molecule has 0 radical (unpaired) electrons. The minimum Gasteiger partial charge on any atom is -0.486 e. The van der Waals surface area contributed by atoms with Crippen LogP contribution >= 0.6 is 0 Å². The zero-order valence-electron chi connectivity index (χ0n) is 14.1. The fraction of sp³-hybridized carbons (Fsp3) is 0.368. The summed E-state index contributed by atoms with van der Waals surface area (Å²) in [4.78, 5) is 13.0. The summed E-state index contributed by atoms with van der Waals surface area (Å²) in [6.07, 6.45) is 2.10. The number of ether oxygens (including phenoxy) is 2. The maximum atomic E-state index is 11.1. The van der Waals surface area contributed by atoms with Crippen LogP contribution in [-0.4, -0.2) is 24.7 Å². The van der Waals surface area contributed by atoms with Crippen molar-refractivity contribution < 1.29 is 14.4 Å². The van der Waals surface area contributed by atoms with Gasteiger partial charge in [0.05, 0.1) is 11.0 Å². The molecule has 2 aliphatic heterocycles. The molecule has 1 fully saturated rings. The molecule has 0 saturated carbocycles. The normalized spacial score (nSPS) is 19.1. The number of hydrogen-bond acceptors (Lipinski definition) is 5. The van der Waals surface area contributed by atoms with Crippen LogP contribution in [0.2, 0.25) is 0 Å².